The summed E-state index contributed by atoms with van der Waals surface area (Å²) in [5, 5.41) is 0. The first kappa shape index (κ1) is 10.1. The summed E-state index contributed by atoms with van der Waals surface area (Å²) >= 11 is 0. The van der Waals surface area contributed by atoms with Gasteiger partial charge in [0.25, 0.3) is 0 Å². The third-order valence-corrected chi connectivity index (χ3v) is 3.85. The maximum Gasteiger partial charge on any atom is -0.0334 e. The van der Waals surface area contributed by atoms with Crippen LogP contribution in [-0.4, -0.2) is 0 Å². The molecule has 2 rings (SSSR count). The molecule has 0 heterocycles. The van der Waals surface area contributed by atoms with Crippen LogP contribution in [0.2, 0.25) is 0 Å². The average Bonchev–Trinajstić information content (AvgIpc) is 2.42. The van der Waals surface area contributed by atoms with Gasteiger partial charge in [0.05, 0.1) is 0 Å². The molecule has 0 nitrogen and oxygen atoms in total. The summed E-state index contributed by atoms with van der Waals surface area (Å²) in [5.74, 6) is 3.26. The zero-order chi connectivity index (χ0) is 8.06. The van der Waals surface area contributed by atoms with Crippen molar-refractivity contribution in [3.05, 3.63) is 0 Å². The first-order chi connectivity index (χ1) is 5.07. The molecule has 2 aliphatic carbocycles. The summed E-state index contributed by atoms with van der Waals surface area (Å²) in [6.07, 6.45) is 6.17. The Labute approximate surface area is 77.7 Å². The molecule has 0 N–H and O–H groups in total. The summed E-state index contributed by atoms with van der Waals surface area (Å²) in [6.45, 7) is 7.25. The highest BCUT2D eigenvalue weighted by molar-refractivity contribution is 4.94. The number of rotatable bonds is 0. The zero-order valence-electron chi connectivity index (χ0n) is 8.06. The van der Waals surface area contributed by atoms with Gasteiger partial charge in [-0.2, -0.15) is 0 Å². The second-order valence-electron chi connectivity index (χ2n) is 5.65. The van der Waals surface area contributed by atoms with Gasteiger partial charge in [-0.1, -0.05) is 34.6 Å². The molecule has 3 atom stereocenters. The van der Waals surface area contributed by atoms with E-state index in [0.717, 1.165) is 17.8 Å². The molecule has 0 aromatic heterocycles. The predicted octanol–water partition coefficient (Wildman–Crippen LogP) is 4.10. The highest BCUT2D eigenvalue weighted by atomic mass is 14.5. The minimum Gasteiger partial charge on any atom is -0.0776 e. The van der Waals surface area contributed by atoms with Gasteiger partial charge in [0, 0.05) is 0 Å². The maximum atomic E-state index is 2.42. The predicted molar refractivity (Wildman–Crippen MR) is 55.1 cm³/mol. The molecule has 0 amide bonds. The normalized spacial score (nSPS) is 39.8. The lowest BCUT2D eigenvalue weighted by Gasteiger charge is -2.34. The molecule has 2 saturated carbocycles. The first-order valence-corrected chi connectivity index (χ1v) is 5.07. The van der Waals surface area contributed by atoms with E-state index in [1.165, 1.54) is 19.3 Å². The third kappa shape index (κ3) is 1.53. The highest BCUT2D eigenvalue weighted by Crippen LogP contribution is 2.54. The van der Waals surface area contributed by atoms with Crippen molar-refractivity contribution in [3.63, 3.8) is 0 Å². The largest absolute Gasteiger partial charge is 0.0776 e. The van der Waals surface area contributed by atoms with Crippen molar-refractivity contribution < 1.29 is 0 Å². The molecule has 0 heteroatoms. The van der Waals surface area contributed by atoms with Crippen molar-refractivity contribution in [3.8, 4) is 0 Å². The second-order valence-corrected chi connectivity index (χ2v) is 5.65. The van der Waals surface area contributed by atoms with Crippen LogP contribution in [0.3, 0.4) is 0 Å². The van der Waals surface area contributed by atoms with E-state index in [1.54, 1.807) is 6.42 Å². The summed E-state index contributed by atoms with van der Waals surface area (Å²) in [6, 6.07) is 0. The van der Waals surface area contributed by atoms with Crippen LogP contribution in [0, 0.1) is 23.2 Å². The van der Waals surface area contributed by atoms with E-state index in [0.29, 0.717) is 5.41 Å². The minimum absolute atomic E-state index is 0. The molecule has 0 radical (unpaired) electrons. The van der Waals surface area contributed by atoms with Crippen LogP contribution in [0.5, 0.6) is 0 Å². The maximum absolute atomic E-state index is 2.42. The van der Waals surface area contributed by atoms with Crippen LogP contribution < -0.4 is 0 Å². The smallest absolute Gasteiger partial charge is 0.0334 e. The van der Waals surface area contributed by atoms with Crippen LogP contribution in [0.1, 0.15) is 53.9 Å². The van der Waals surface area contributed by atoms with Crippen LogP contribution >= 0.6 is 0 Å². The van der Waals surface area contributed by atoms with E-state index >= 15 is 0 Å². The molecule has 0 saturated heterocycles. The van der Waals surface area contributed by atoms with Crippen LogP contribution in [0.4, 0.5) is 0 Å². The summed E-state index contributed by atoms with van der Waals surface area (Å²) in [4.78, 5) is 0. The van der Waals surface area contributed by atoms with Gasteiger partial charge in [-0.25, -0.2) is 0 Å². The number of hydrogen-bond acceptors (Lipinski definition) is 0. The van der Waals surface area contributed by atoms with Crippen molar-refractivity contribution in [2.75, 3.05) is 0 Å². The van der Waals surface area contributed by atoms with Crippen LogP contribution in [-0.2, 0) is 0 Å². The fourth-order valence-corrected chi connectivity index (χ4v) is 3.31. The molecule has 2 bridgehead atoms. The van der Waals surface area contributed by atoms with E-state index < -0.39 is 0 Å². The van der Waals surface area contributed by atoms with E-state index in [2.05, 4.69) is 20.8 Å². The van der Waals surface area contributed by atoms with E-state index in [9.17, 15) is 0 Å². The van der Waals surface area contributed by atoms with Gasteiger partial charge in [-0.15, -0.1) is 0 Å². The van der Waals surface area contributed by atoms with Crippen molar-refractivity contribution in [1.29, 1.82) is 0 Å². The zero-order valence-corrected chi connectivity index (χ0v) is 8.06. The van der Waals surface area contributed by atoms with Crippen LogP contribution in [0.15, 0.2) is 0 Å². The van der Waals surface area contributed by atoms with E-state index in [-0.39, 0.29) is 7.43 Å². The Balaban J connectivity index is 0.000000720. The van der Waals surface area contributed by atoms with Gasteiger partial charge in [-0.3, -0.25) is 0 Å². The van der Waals surface area contributed by atoms with E-state index in [1.807, 2.05) is 0 Å². The van der Waals surface area contributed by atoms with Crippen LogP contribution in [0.25, 0.3) is 0 Å². The summed E-state index contributed by atoms with van der Waals surface area (Å²) < 4.78 is 0. The molecule has 0 spiro atoms. The third-order valence-electron chi connectivity index (χ3n) is 3.85. The van der Waals surface area contributed by atoms with Crippen molar-refractivity contribution in [2.45, 2.75) is 53.9 Å². The molecule has 2 fully saturated rings. The van der Waals surface area contributed by atoms with Crippen molar-refractivity contribution in [1.82, 2.24) is 0 Å². The lowest BCUT2D eigenvalue weighted by molar-refractivity contribution is 0.161. The second kappa shape index (κ2) is 3.05. The lowest BCUT2D eigenvalue weighted by Crippen LogP contribution is -2.25. The fourth-order valence-electron chi connectivity index (χ4n) is 3.31. The average molecular weight is 168 g/mol. The molecule has 72 valence electrons. The van der Waals surface area contributed by atoms with Gasteiger partial charge < -0.3 is 0 Å². The Hall–Kier alpha value is 0. The molecule has 0 aromatic carbocycles. The molecular formula is C12H24. The monoisotopic (exact) mass is 168 g/mol. The Bertz CT molecular complexity index is 152. The lowest BCUT2D eigenvalue weighted by atomic mass is 9.72. The van der Waals surface area contributed by atoms with Crippen molar-refractivity contribution >= 4 is 0 Å². The van der Waals surface area contributed by atoms with Gasteiger partial charge in [0.15, 0.2) is 0 Å². The van der Waals surface area contributed by atoms with Gasteiger partial charge in [0.1, 0.15) is 0 Å². The first-order valence-electron chi connectivity index (χ1n) is 5.07. The molecule has 2 aliphatic rings. The topological polar surface area (TPSA) is 0 Å². The van der Waals surface area contributed by atoms with Gasteiger partial charge in [-0.05, 0) is 42.4 Å². The molecule has 3 unspecified atom stereocenters. The highest BCUT2D eigenvalue weighted by Gasteiger charge is 2.44. The molecule has 12 heavy (non-hydrogen) atoms. The number of fused-ring (bicyclic) bond motifs is 2. The summed E-state index contributed by atoms with van der Waals surface area (Å²) in [7, 11) is 0. The van der Waals surface area contributed by atoms with Crippen molar-refractivity contribution in [2.24, 2.45) is 23.2 Å². The Kier molecular flexibility index (Phi) is 2.56. The standard InChI is InChI=1S/C11H20.CH4/c1-11(2,3)10-7-8-4-5-9(10)6-8;/h8-10H,4-7H2,1-3H3;1H4. The fraction of sp³-hybridized carbons (Fsp3) is 1.00. The van der Waals surface area contributed by atoms with Gasteiger partial charge >= 0.3 is 0 Å². The number of hydrogen-bond donors (Lipinski definition) is 0. The Morgan fingerprint density at radius 1 is 1.00 bits per heavy atom. The molecule has 0 aliphatic heterocycles. The molecule has 0 aromatic rings. The quantitative estimate of drug-likeness (QED) is 0.511. The Morgan fingerprint density at radius 3 is 1.92 bits per heavy atom. The minimum atomic E-state index is 0. The molecular weight excluding hydrogens is 144 g/mol. The van der Waals surface area contributed by atoms with E-state index in [4.69, 9.17) is 0 Å². The Morgan fingerprint density at radius 2 is 1.67 bits per heavy atom. The van der Waals surface area contributed by atoms with Gasteiger partial charge in [0.2, 0.25) is 0 Å². The summed E-state index contributed by atoms with van der Waals surface area (Å²) in [5.41, 5.74) is 0.583. The SMILES string of the molecule is C.CC(C)(C)C1CC2CCC1C2.